The molecule has 6 nitrogen and oxygen atoms in total. The smallest absolute Gasteiger partial charge is 0.307 e. The Kier molecular flexibility index (Phi) is 5.18. The highest BCUT2D eigenvalue weighted by atomic mass is 35.5. The molecule has 0 bridgehead atoms. The molecule has 0 unspecified atom stereocenters. The highest BCUT2D eigenvalue weighted by Crippen LogP contribution is 2.22. The summed E-state index contributed by atoms with van der Waals surface area (Å²) >= 11 is 5.97. The second kappa shape index (κ2) is 7.11. The molecule has 0 aliphatic carbocycles. The number of aliphatic carboxylic acids is 1. The molecule has 0 fully saturated rings. The normalized spacial score (nSPS) is 10.9. The molecule has 1 aromatic carbocycles. The van der Waals surface area contributed by atoms with E-state index in [1.165, 1.54) is 25.4 Å². The Labute approximate surface area is 137 Å². The molecule has 2 rings (SSSR count). The van der Waals surface area contributed by atoms with Gasteiger partial charge >= 0.3 is 5.97 Å². The third-order valence-electron chi connectivity index (χ3n) is 3.24. The number of rotatable bonds is 6. The number of allylic oxidation sites excluding steroid dienone is 1. The van der Waals surface area contributed by atoms with Crippen LogP contribution in [0.4, 0.5) is 0 Å². The number of carbonyl (C=O) groups is 2. The lowest BCUT2D eigenvalue weighted by molar-refractivity contribution is -0.136. The van der Waals surface area contributed by atoms with Crippen molar-refractivity contribution >= 4 is 29.4 Å². The minimum Gasteiger partial charge on any atom is -0.496 e. The Morgan fingerprint density at radius 3 is 2.74 bits per heavy atom. The maximum absolute atomic E-state index is 12.3. The van der Waals surface area contributed by atoms with Gasteiger partial charge in [0, 0.05) is 18.2 Å². The van der Waals surface area contributed by atoms with Crippen molar-refractivity contribution in [1.82, 2.24) is 9.78 Å². The summed E-state index contributed by atoms with van der Waals surface area (Å²) in [5, 5.41) is 13.3. The SMILES string of the molecule is COc1ccc(C(=O)C=Cc2c(Cl)cnn2C)cc1CC(=O)O. The topological polar surface area (TPSA) is 81.4 Å². The van der Waals surface area contributed by atoms with Gasteiger partial charge in [-0.2, -0.15) is 5.10 Å². The first-order valence-corrected chi connectivity index (χ1v) is 7.08. The summed E-state index contributed by atoms with van der Waals surface area (Å²) in [7, 11) is 3.17. The molecule has 2 aromatic rings. The van der Waals surface area contributed by atoms with Crippen LogP contribution >= 0.6 is 11.6 Å². The maximum atomic E-state index is 12.3. The Morgan fingerprint density at radius 1 is 1.43 bits per heavy atom. The van der Waals surface area contributed by atoms with E-state index in [0.29, 0.717) is 27.6 Å². The maximum Gasteiger partial charge on any atom is 0.307 e. The number of halogens is 1. The van der Waals surface area contributed by atoms with E-state index < -0.39 is 5.97 Å². The molecule has 0 saturated carbocycles. The van der Waals surface area contributed by atoms with Crippen molar-refractivity contribution in [3.63, 3.8) is 0 Å². The van der Waals surface area contributed by atoms with E-state index >= 15 is 0 Å². The third kappa shape index (κ3) is 3.98. The zero-order valence-electron chi connectivity index (χ0n) is 12.6. The molecule has 1 heterocycles. The predicted molar refractivity (Wildman–Crippen MR) is 85.9 cm³/mol. The minimum absolute atomic E-state index is 0.221. The summed E-state index contributed by atoms with van der Waals surface area (Å²) in [4.78, 5) is 23.1. The number of nitrogens with zero attached hydrogens (tertiary/aromatic N) is 2. The first-order chi connectivity index (χ1) is 10.9. The Hall–Kier alpha value is -2.60. The number of carboxylic acid groups (broad SMARTS) is 1. The summed E-state index contributed by atoms with van der Waals surface area (Å²) in [5.74, 6) is -0.829. The minimum atomic E-state index is -0.995. The molecule has 0 aliphatic rings. The lowest BCUT2D eigenvalue weighted by Crippen LogP contribution is -2.04. The van der Waals surface area contributed by atoms with E-state index in [0.717, 1.165) is 0 Å². The Morgan fingerprint density at radius 2 is 2.17 bits per heavy atom. The van der Waals surface area contributed by atoms with Crippen molar-refractivity contribution in [3.05, 3.63) is 52.3 Å². The van der Waals surface area contributed by atoms with Crippen LogP contribution in [-0.2, 0) is 18.3 Å². The van der Waals surface area contributed by atoms with Crippen LogP contribution in [0.1, 0.15) is 21.6 Å². The van der Waals surface area contributed by atoms with E-state index in [4.69, 9.17) is 21.4 Å². The van der Waals surface area contributed by atoms with E-state index in [9.17, 15) is 9.59 Å². The van der Waals surface area contributed by atoms with Gasteiger partial charge in [-0.3, -0.25) is 14.3 Å². The lowest BCUT2D eigenvalue weighted by Gasteiger charge is -2.08. The van der Waals surface area contributed by atoms with Crippen molar-refractivity contribution in [2.45, 2.75) is 6.42 Å². The lowest BCUT2D eigenvalue weighted by atomic mass is 10.0. The summed E-state index contributed by atoms with van der Waals surface area (Å²) in [6.07, 6.45) is 4.21. The highest BCUT2D eigenvalue weighted by Gasteiger charge is 2.12. The number of methoxy groups -OCH3 is 1. The molecule has 1 aromatic heterocycles. The fourth-order valence-corrected chi connectivity index (χ4v) is 2.32. The van der Waals surface area contributed by atoms with Gasteiger partial charge in [-0.25, -0.2) is 0 Å². The van der Waals surface area contributed by atoms with Gasteiger partial charge < -0.3 is 9.84 Å². The van der Waals surface area contributed by atoms with Crippen molar-refractivity contribution in [1.29, 1.82) is 0 Å². The molecule has 23 heavy (non-hydrogen) atoms. The van der Waals surface area contributed by atoms with Crippen LogP contribution in [0.3, 0.4) is 0 Å². The first kappa shape index (κ1) is 16.8. The molecule has 0 amide bonds. The van der Waals surface area contributed by atoms with E-state index in [2.05, 4.69) is 5.10 Å². The fourth-order valence-electron chi connectivity index (χ4n) is 2.09. The number of ether oxygens (including phenoxy) is 1. The largest absolute Gasteiger partial charge is 0.496 e. The van der Waals surface area contributed by atoms with Crippen LogP contribution in [0, 0.1) is 0 Å². The predicted octanol–water partition coefficient (Wildman–Crippen LogP) is 2.61. The molecule has 0 atom stereocenters. The standard InChI is InChI=1S/C16H15ClN2O4/c1-19-13(12(17)9-18-19)4-5-14(20)10-3-6-15(23-2)11(7-10)8-16(21)22/h3-7,9H,8H2,1-2H3,(H,21,22). The van der Waals surface area contributed by atoms with Crippen LogP contribution in [0.2, 0.25) is 5.02 Å². The molecule has 0 radical (unpaired) electrons. The molecule has 0 saturated heterocycles. The van der Waals surface area contributed by atoms with Crippen molar-refractivity contribution in [2.24, 2.45) is 7.05 Å². The van der Waals surface area contributed by atoms with E-state index in [1.54, 1.807) is 29.9 Å². The van der Waals surface area contributed by atoms with E-state index in [-0.39, 0.29) is 12.2 Å². The van der Waals surface area contributed by atoms with Crippen molar-refractivity contribution in [3.8, 4) is 5.75 Å². The van der Waals surface area contributed by atoms with Crippen molar-refractivity contribution in [2.75, 3.05) is 7.11 Å². The summed E-state index contributed by atoms with van der Waals surface area (Å²) in [5.41, 5.74) is 1.42. The molecule has 7 heteroatoms. The van der Waals surface area contributed by atoms with Gasteiger partial charge in [0.05, 0.1) is 30.4 Å². The monoisotopic (exact) mass is 334 g/mol. The summed E-state index contributed by atoms with van der Waals surface area (Å²) in [6.45, 7) is 0. The highest BCUT2D eigenvalue weighted by molar-refractivity contribution is 6.31. The van der Waals surface area contributed by atoms with Crippen LogP contribution in [-0.4, -0.2) is 33.7 Å². The molecular weight excluding hydrogens is 320 g/mol. The van der Waals surface area contributed by atoms with Crippen LogP contribution < -0.4 is 4.74 Å². The van der Waals surface area contributed by atoms with Gasteiger partial charge in [0.25, 0.3) is 0 Å². The number of aromatic nitrogens is 2. The average molecular weight is 335 g/mol. The number of hydrogen-bond acceptors (Lipinski definition) is 4. The summed E-state index contributed by atoms with van der Waals surface area (Å²) < 4.78 is 6.66. The summed E-state index contributed by atoms with van der Waals surface area (Å²) in [6, 6.07) is 4.68. The Balaban J connectivity index is 2.27. The number of aryl methyl sites for hydroxylation is 1. The molecule has 120 valence electrons. The van der Waals surface area contributed by atoms with Gasteiger partial charge in [0.1, 0.15) is 5.75 Å². The van der Waals surface area contributed by atoms with Gasteiger partial charge in [0.2, 0.25) is 0 Å². The molecular formula is C16H15ClN2O4. The average Bonchev–Trinajstić information content (AvgIpc) is 2.83. The first-order valence-electron chi connectivity index (χ1n) is 6.71. The second-order valence-corrected chi connectivity index (χ2v) is 5.20. The quantitative estimate of drug-likeness (QED) is 0.648. The van der Waals surface area contributed by atoms with Crippen LogP contribution in [0.25, 0.3) is 6.08 Å². The van der Waals surface area contributed by atoms with Gasteiger partial charge in [-0.05, 0) is 30.4 Å². The zero-order chi connectivity index (χ0) is 17.0. The van der Waals surface area contributed by atoms with Crippen LogP contribution in [0.5, 0.6) is 5.75 Å². The fraction of sp³-hybridized carbons (Fsp3) is 0.188. The molecule has 0 spiro atoms. The number of carbonyl (C=O) groups excluding carboxylic acids is 1. The number of carboxylic acids is 1. The molecule has 0 aliphatic heterocycles. The van der Waals surface area contributed by atoms with Gasteiger partial charge in [-0.15, -0.1) is 0 Å². The number of hydrogen-bond donors (Lipinski definition) is 1. The second-order valence-electron chi connectivity index (χ2n) is 4.80. The number of benzene rings is 1. The Bertz CT molecular complexity index is 761. The third-order valence-corrected chi connectivity index (χ3v) is 3.53. The van der Waals surface area contributed by atoms with Crippen LogP contribution in [0.15, 0.2) is 30.5 Å². The van der Waals surface area contributed by atoms with E-state index in [1.807, 2.05) is 0 Å². The molecule has 1 N–H and O–H groups in total. The van der Waals surface area contributed by atoms with Gasteiger partial charge in [0.15, 0.2) is 5.78 Å². The zero-order valence-corrected chi connectivity index (χ0v) is 13.4. The van der Waals surface area contributed by atoms with Gasteiger partial charge in [-0.1, -0.05) is 11.6 Å². The number of ketones is 1. The van der Waals surface area contributed by atoms with Crippen molar-refractivity contribution < 1.29 is 19.4 Å².